The van der Waals surface area contributed by atoms with Crippen molar-refractivity contribution in [1.29, 1.82) is 0 Å². The number of hydrogen-bond acceptors (Lipinski definition) is 6. The minimum Gasteiger partial charge on any atom is -0.476 e. The highest BCUT2D eigenvalue weighted by Crippen LogP contribution is 2.37. The monoisotopic (exact) mass is 611 g/mol. The highest BCUT2D eigenvalue weighted by molar-refractivity contribution is 7.93. The lowest BCUT2D eigenvalue weighted by Crippen LogP contribution is -2.48. The minimum atomic E-state index is -4.04. The summed E-state index contributed by atoms with van der Waals surface area (Å²) in [4.78, 5) is 13.2. The number of fused-ring (bicyclic) bond motifs is 1. The number of carbonyl (C=O) groups is 1. The van der Waals surface area contributed by atoms with Crippen LogP contribution in [0.4, 0.5) is 17.1 Å². The van der Waals surface area contributed by atoms with Gasteiger partial charge in [-0.2, -0.15) is 0 Å². The lowest BCUT2D eigenvalue weighted by atomic mass is 10.1. The van der Waals surface area contributed by atoms with Gasteiger partial charge in [0.15, 0.2) is 6.10 Å². The number of nitrogens with zero attached hydrogens (tertiary/aromatic N) is 1. The Morgan fingerprint density at radius 1 is 0.878 bits per heavy atom. The second-order valence-corrected chi connectivity index (χ2v) is 13.5. The van der Waals surface area contributed by atoms with E-state index in [1.54, 1.807) is 30.3 Å². The molecule has 1 heterocycles. The van der Waals surface area contributed by atoms with Gasteiger partial charge >= 0.3 is 0 Å². The molecule has 212 valence electrons. The molecule has 5 rings (SSSR count). The van der Waals surface area contributed by atoms with Crippen LogP contribution in [0.25, 0.3) is 0 Å². The summed E-state index contributed by atoms with van der Waals surface area (Å²) in [5.41, 5.74) is 2.90. The zero-order valence-electron chi connectivity index (χ0n) is 22.0. The van der Waals surface area contributed by atoms with Crippen LogP contribution in [-0.2, 0) is 24.8 Å². The van der Waals surface area contributed by atoms with Gasteiger partial charge in [0, 0.05) is 10.7 Å². The van der Waals surface area contributed by atoms with E-state index >= 15 is 0 Å². The van der Waals surface area contributed by atoms with E-state index in [2.05, 4.69) is 10.0 Å². The standard InChI is InChI=1S/C29H26ClN3O6S2/c1-19-7-16-25(20(2)17-19)32-40(35,36)23-14-10-22(11-15-23)31-29(34)28-18-33(26-5-3-4-6-27(26)39-28)41(37,38)24-12-8-21(30)9-13-24/h3-17,28,32H,18H2,1-2H3,(H,31,34)/t28-/m0/s1. The Kier molecular flexibility index (Phi) is 7.69. The number of amides is 1. The lowest BCUT2D eigenvalue weighted by molar-refractivity contribution is -0.122. The molecule has 0 saturated carbocycles. The van der Waals surface area contributed by atoms with Crippen molar-refractivity contribution in [2.24, 2.45) is 0 Å². The van der Waals surface area contributed by atoms with Gasteiger partial charge in [0.2, 0.25) is 0 Å². The zero-order chi connectivity index (χ0) is 29.4. The highest BCUT2D eigenvalue weighted by Gasteiger charge is 2.37. The number of rotatable bonds is 7. The van der Waals surface area contributed by atoms with Gasteiger partial charge in [-0.1, -0.05) is 41.4 Å². The van der Waals surface area contributed by atoms with Crippen molar-refractivity contribution in [2.45, 2.75) is 29.7 Å². The molecule has 1 aliphatic heterocycles. The number of halogens is 1. The first-order valence-electron chi connectivity index (χ1n) is 12.5. The maximum absolute atomic E-state index is 13.5. The Labute approximate surface area is 243 Å². The molecule has 0 saturated heterocycles. The molecule has 0 aromatic heterocycles. The van der Waals surface area contributed by atoms with E-state index in [0.29, 0.717) is 22.1 Å². The third-order valence-corrected chi connectivity index (χ3v) is 9.91. The fourth-order valence-electron chi connectivity index (χ4n) is 4.37. The summed E-state index contributed by atoms with van der Waals surface area (Å²) < 4.78 is 62.4. The predicted octanol–water partition coefficient (Wildman–Crippen LogP) is 5.35. The molecule has 0 aliphatic carbocycles. The van der Waals surface area contributed by atoms with Crippen molar-refractivity contribution < 1.29 is 26.4 Å². The summed E-state index contributed by atoms with van der Waals surface area (Å²) >= 11 is 5.93. The van der Waals surface area contributed by atoms with Crippen molar-refractivity contribution in [3.63, 3.8) is 0 Å². The molecule has 12 heteroatoms. The molecule has 1 atom stereocenters. The van der Waals surface area contributed by atoms with Gasteiger partial charge in [0.25, 0.3) is 26.0 Å². The van der Waals surface area contributed by atoms with Crippen LogP contribution in [0.1, 0.15) is 11.1 Å². The Bertz CT molecular complexity index is 1830. The first-order chi connectivity index (χ1) is 19.4. The second kappa shape index (κ2) is 11.1. The van der Waals surface area contributed by atoms with Crippen LogP contribution in [0.15, 0.2) is 101 Å². The Hall–Kier alpha value is -4.06. The molecule has 1 amide bonds. The molecule has 0 radical (unpaired) electrons. The second-order valence-electron chi connectivity index (χ2n) is 9.50. The topological polar surface area (TPSA) is 122 Å². The number of sulfonamides is 2. The summed E-state index contributed by atoms with van der Waals surface area (Å²) in [6.07, 6.45) is -1.18. The van der Waals surface area contributed by atoms with Gasteiger partial charge in [-0.3, -0.25) is 13.8 Å². The van der Waals surface area contributed by atoms with E-state index in [0.717, 1.165) is 15.4 Å². The van der Waals surface area contributed by atoms with Gasteiger partial charge in [0.1, 0.15) is 5.75 Å². The predicted molar refractivity (Wildman–Crippen MR) is 159 cm³/mol. The van der Waals surface area contributed by atoms with Crippen LogP contribution >= 0.6 is 11.6 Å². The average molecular weight is 612 g/mol. The van der Waals surface area contributed by atoms with E-state index in [1.165, 1.54) is 48.5 Å². The number of hydrogen-bond donors (Lipinski definition) is 2. The van der Waals surface area contributed by atoms with E-state index < -0.39 is 32.1 Å². The summed E-state index contributed by atoms with van der Waals surface area (Å²) in [5, 5.41) is 3.08. The number of ether oxygens (including phenoxy) is 1. The van der Waals surface area contributed by atoms with E-state index in [9.17, 15) is 21.6 Å². The average Bonchev–Trinajstić information content (AvgIpc) is 2.94. The third-order valence-electron chi connectivity index (χ3n) is 6.49. The number of aryl methyl sites for hydroxylation is 2. The van der Waals surface area contributed by atoms with Gasteiger partial charge in [-0.15, -0.1) is 0 Å². The van der Waals surface area contributed by atoms with Crippen molar-refractivity contribution in [1.82, 2.24) is 0 Å². The molecule has 0 bridgehead atoms. The highest BCUT2D eigenvalue weighted by atomic mass is 35.5. The minimum absolute atomic E-state index is 0.0125. The normalized spacial score (nSPS) is 15.0. The van der Waals surface area contributed by atoms with Crippen molar-refractivity contribution in [3.8, 4) is 5.75 Å². The number of anilines is 3. The molecule has 0 spiro atoms. The van der Waals surface area contributed by atoms with Crippen molar-refractivity contribution in [3.05, 3.63) is 107 Å². The van der Waals surface area contributed by atoms with E-state index in [4.69, 9.17) is 16.3 Å². The van der Waals surface area contributed by atoms with Gasteiger partial charge < -0.3 is 10.1 Å². The summed E-state index contributed by atoms with van der Waals surface area (Å²) in [6.45, 7) is 3.46. The Balaban J connectivity index is 1.34. The maximum atomic E-state index is 13.5. The smallest absolute Gasteiger partial charge is 0.267 e. The molecule has 0 fully saturated rings. The number of para-hydroxylation sites is 2. The maximum Gasteiger partial charge on any atom is 0.267 e. The molecule has 4 aromatic carbocycles. The molecule has 9 nitrogen and oxygen atoms in total. The molecule has 1 aliphatic rings. The molecule has 2 N–H and O–H groups in total. The van der Waals surface area contributed by atoms with Crippen LogP contribution < -0.4 is 19.1 Å². The molecular formula is C29H26ClN3O6S2. The van der Waals surface area contributed by atoms with E-state index in [1.807, 2.05) is 26.0 Å². The molecule has 41 heavy (non-hydrogen) atoms. The largest absolute Gasteiger partial charge is 0.476 e. The quantitative estimate of drug-likeness (QED) is 0.290. The SMILES string of the molecule is Cc1ccc(NS(=O)(=O)c2ccc(NC(=O)[C@@H]3CN(S(=O)(=O)c4ccc(Cl)cc4)c4ccccc4O3)cc2)c(C)c1. The van der Waals surface area contributed by atoms with Crippen LogP contribution in [0.5, 0.6) is 5.75 Å². The fraction of sp³-hybridized carbons (Fsp3) is 0.138. The Morgan fingerprint density at radius 3 is 2.22 bits per heavy atom. The van der Waals surface area contributed by atoms with Crippen LogP contribution in [0.3, 0.4) is 0 Å². The fourth-order valence-corrected chi connectivity index (χ4v) is 7.10. The number of nitrogens with one attached hydrogen (secondary N) is 2. The summed E-state index contributed by atoms with van der Waals surface area (Å²) in [6, 6.07) is 23.3. The van der Waals surface area contributed by atoms with Crippen molar-refractivity contribution in [2.75, 3.05) is 20.9 Å². The molecule has 4 aromatic rings. The first kappa shape index (κ1) is 28.5. The number of carbonyl (C=O) groups excluding carboxylic acids is 1. The lowest BCUT2D eigenvalue weighted by Gasteiger charge is -2.34. The van der Waals surface area contributed by atoms with E-state index in [-0.39, 0.29) is 22.1 Å². The Morgan fingerprint density at radius 2 is 1.54 bits per heavy atom. The van der Waals surface area contributed by atoms with Gasteiger partial charge in [-0.05, 0) is 86.1 Å². The number of benzene rings is 4. The van der Waals surface area contributed by atoms with Gasteiger partial charge in [0.05, 0.1) is 27.7 Å². The molecule has 0 unspecified atom stereocenters. The van der Waals surface area contributed by atoms with Crippen LogP contribution in [0, 0.1) is 13.8 Å². The summed E-state index contributed by atoms with van der Waals surface area (Å²) in [7, 11) is -7.91. The summed E-state index contributed by atoms with van der Waals surface area (Å²) in [5.74, 6) is -0.366. The molecular weight excluding hydrogens is 586 g/mol. The first-order valence-corrected chi connectivity index (χ1v) is 15.8. The van der Waals surface area contributed by atoms with Crippen LogP contribution in [-0.4, -0.2) is 35.4 Å². The zero-order valence-corrected chi connectivity index (χ0v) is 24.4. The van der Waals surface area contributed by atoms with Gasteiger partial charge in [-0.25, -0.2) is 16.8 Å². The van der Waals surface area contributed by atoms with Crippen molar-refractivity contribution >= 4 is 54.6 Å². The van der Waals surface area contributed by atoms with Crippen LogP contribution in [0.2, 0.25) is 5.02 Å². The third kappa shape index (κ3) is 6.02.